The van der Waals surface area contributed by atoms with E-state index in [9.17, 15) is 5.11 Å². The summed E-state index contributed by atoms with van der Waals surface area (Å²) in [6.45, 7) is 4.13. The topological polar surface area (TPSA) is 73.8 Å². The van der Waals surface area contributed by atoms with E-state index in [4.69, 9.17) is 0 Å². The summed E-state index contributed by atoms with van der Waals surface area (Å²) >= 11 is 0. The molecule has 1 fully saturated rings. The van der Waals surface area contributed by atoms with Crippen LogP contribution in [0.4, 0.5) is 0 Å². The molecule has 1 aromatic carbocycles. The number of aryl methyl sites for hydroxylation is 1. The normalized spacial score (nSPS) is 15.3. The average Bonchev–Trinajstić information content (AvgIpc) is 2.75. The first kappa shape index (κ1) is 12.3. The maximum Gasteiger partial charge on any atom is 0.160 e. The minimum atomic E-state index is 0.225. The van der Waals surface area contributed by atoms with Crippen LogP contribution in [-0.4, -0.2) is 33.4 Å². The molecule has 106 valence electrons. The highest BCUT2D eigenvalue weighted by atomic mass is 16.3. The third-order valence-electron chi connectivity index (χ3n) is 4.22. The van der Waals surface area contributed by atoms with Crippen molar-refractivity contribution in [2.45, 2.75) is 12.8 Å². The molecule has 0 unspecified atom stereocenters. The van der Waals surface area contributed by atoms with Gasteiger partial charge in [-0.25, -0.2) is 0 Å². The number of benzene rings is 1. The number of fused-ring (bicyclic) bond motifs is 1. The van der Waals surface area contributed by atoms with Crippen molar-refractivity contribution in [3.63, 3.8) is 0 Å². The molecule has 5 nitrogen and oxygen atoms in total. The number of hydrogen-bond acceptors (Lipinski definition) is 4. The number of aromatic hydroxyl groups is 1. The van der Waals surface area contributed by atoms with E-state index in [0.717, 1.165) is 24.1 Å². The molecule has 3 aromatic rings. The SMILES string of the molecule is Cc1c(C2CNC2)[nH]c2nnc(-c3ccccc3O)cc12. The molecule has 0 amide bonds. The summed E-state index contributed by atoms with van der Waals surface area (Å²) in [7, 11) is 0. The number of phenols is 1. The van der Waals surface area contributed by atoms with Crippen molar-refractivity contribution in [1.82, 2.24) is 20.5 Å². The van der Waals surface area contributed by atoms with Crippen LogP contribution in [0.2, 0.25) is 0 Å². The van der Waals surface area contributed by atoms with Crippen molar-refractivity contribution in [3.8, 4) is 17.0 Å². The third-order valence-corrected chi connectivity index (χ3v) is 4.22. The van der Waals surface area contributed by atoms with Crippen LogP contribution in [0.25, 0.3) is 22.3 Å². The number of phenolic OH excluding ortho intramolecular Hbond substituents is 1. The molecule has 0 atom stereocenters. The monoisotopic (exact) mass is 280 g/mol. The van der Waals surface area contributed by atoms with E-state index in [1.54, 1.807) is 12.1 Å². The standard InChI is InChI=1S/C16H16N4O/c1-9-12-6-13(11-4-2-3-5-14(11)21)19-20-16(12)18-15(9)10-7-17-8-10/h2-6,10,17,21H,7-8H2,1H3,(H,18,20). The maximum atomic E-state index is 9.96. The van der Waals surface area contributed by atoms with E-state index >= 15 is 0 Å². The molecule has 3 heterocycles. The summed E-state index contributed by atoms with van der Waals surface area (Å²) in [5, 5.41) is 22.8. The first-order valence-corrected chi connectivity index (χ1v) is 7.09. The molecule has 0 bridgehead atoms. The summed E-state index contributed by atoms with van der Waals surface area (Å²) in [4.78, 5) is 3.38. The minimum Gasteiger partial charge on any atom is -0.507 e. The van der Waals surface area contributed by atoms with Crippen molar-refractivity contribution in [2.75, 3.05) is 13.1 Å². The fourth-order valence-electron chi connectivity index (χ4n) is 2.86. The van der Waals surface area contributed by atoms with Crippen LogP contribution in [0, 0.1) is 6.92 Å². The van der Waals surface area contributed by atoms with Crippen LogP contribution in [0.15, 0.2) is 30.3 Å². The van der Waals surface area contributed by atoms with E-state index < -0.39 is 0 Å². The van der Waals surface area contributed by atoms with Gasteiger partial charge in [0.15, 0.2) is 5.65 Å². The number of nitrogens with one attached hydrogen (secondary N) is 2. The lowest BCUT2D eigenvalue weighted by Crippen LogP contribution is -2.40. The Kier molecular flexibility index (Phi) is 2.68. The van der Waals surface area contributed by atoms with E-state index in [2.05, 4.69) is 27.4 Å². The summed E-state index contributed by atoms with van der Waals surface area (Å²) in [6, 6.07) is 9.20. The van der Waals surface area contributed by atoms with Gasteiger partial charge in [0.25, 0.3) is 0 Å². The van der Waals surface area contributed by atoms with Crippen LogP contribution in [-0.2, 0) is 0 Å². The van der Waals surface area contributed by atoms with E-state index in [1.807, 2.05) is 18.2 Å². The fourth-order valence-corrected chi connectivity index (χ4v) is 2.86. The predicted molar refractivity (Wildman–Crippen MR) is 81.3 cm³/mol. The molecule has 0 saturated carbocycles. The van der Waals surface area contributed by atoms with Gasteiger partial charge < -0.3 is 15.4 Å². The molecular weight excluding hydrogens is 264 g/mol. The molecule has 1 aliphatic rings. The van der Waals surface area contributed by atoms with Crippen molar-refractivity contribution in [2.24, 2.45) is 0 Å². The highest BCUT2D eigenvalue weighted by Gasteiger charge is 2.24. The van der Waals surface area contributed by atoms with E-state index in [1.165, 1.54) is 11.3 Å². The largest absolute Gasteiger partial charge is 0.507 e. The van der Waals surface area contributed by atoms with Crippen molar-refractivity contribution < 1.29 is 5.11 Å². The summed E-state index contributed by atoms with van der Waals surface area (Å²) in [6.07, 6.45) is 0. The quantitative estimate of drug-likeness (QED) is 0.673. The average molecular weight is 280 g/mol. The Morgan fingerprint density at radius 2 is 2.00 bits per heavy atom. The molecule has 0 radical (unpaired) electrons. The van der Waals surface area contributed by atoms with Gasteiger partial charge in [-0.2, -0.15) is 0 Å². The zero-order valence-electron chi connectivity index (χ0n) is 11.7. The molecule has 21 heavy (non-hydrogen) atoms. The Bertz CT molecular complexity index is 820. The van der Waals surface area contributed by atoms with Gasteiger partial charge in [-0.3, -0.25) is 0 Å². The van der Waals surface area contributed by atoms with Crippen LogP contribution in [0.1, 0.15) is 17.2 Å². The van der Waals surface area contributed by atoms with Crippen molar-refractivity contribution >= 4 is 11.0 Å². The predicted octanol–water partition coefficient (Wildman–Crippen LogP) is 2.33. The molecule has 5 heteroatoms. The smallest absolute Gasteiger partial charge is 0.160 e. The second-order valence-electron chi connectivity index (χ2n) is 5.53. The second-order valence-corrected chi connectivity index (χ2v) is 5.53. The molecule has 1 aliphatic heterocycles. The zero-order chi connectivity index (χ0) is 14.4. The first-order valence-electron chi connectivity index (χ1n) is 7.09. The molecular formula is C16H16N4O. The van der Waals surface area contributed by atoms with Gasteiger partial charge in [0.2, 0.25) is 0 Å². The summed E-state index contributed by atoms with van der Waals surface area (Å²) < 4.78 is 0. The van der Waals surface area contributed by atoms with Gasteiger partial charge in [0.05, 0.1) is 5.69 Å². The van der Waals surface area contributed by atoms with E-state index in [-0.39, 0.29) is 5.75 Å². The van der Waals surface area contributed by atoms with Gasteiger partial charge >= 0.3 is 0 Å². The molecule has 3 N–H and O–H groups in total. The summed E-state index contributed by atoms with van der Waals surface area (Å²) in [5.41, 5.74) is 4.68. The van der Waals surface area contributed by atoms with Gasteiger partial charge in [-0.05, 0) is 30.7 Å². The van der Waals surface area contributed by atoms with Crippen LogP contribution in [0.3, 0.4) is 0 Å². The Hall–Kier alpha value is -2.40. The lowest BCUT2D eigenvalue weighted by Gasteiger charge is -2.26. The Balaban J connectivity index is 1.86. The summed E-state index contributed by atoms with van der Waals surface area (Å²) in [5.74, 6) is 0.760. The number of H-pyrrole nitrogens is 1. The van der Waals surface area contributed by atoms with Gasteiger partial charge in [0.1, 0.15) is 5.75 Å². The van der Waals surface area contributed by atoms with Gasteiger partial charge in [-0.15, -0.1) is 10.2 Å². The highest BCUT2D eigenvalue weighted by Crippen LogP contribution is 2.32. The van der Waals surface area contributed by atoms with Gasteiger partial charge in [0, 0.05) is 35.7 Å². The fraction of sp³-hybridized carbons (Fsp3) is 0.250. The third kappa shape index (κ3) is 1.89. The Morgan fingerprint density at radius 3 is 2.71 bits per heavy atom. The Labute approximate surface area is 122 Å². The van der Waals surface area contributed by atoms with Crippen LogP contribution >= 0.6 is 0 Å². The number of para-hydroxylation sites is 1. The van der Waals surface area contributed by atoms with Crippen molar-refractivity contribution in [1.29, 1.82) is 0 Å². The van der Waals surface area contributed by atoms with E-state index in [0.29, 0.717) is 17.2 Å². The number of aromatic amines is 1. The lowest BCUT2D eigenvalue weighted by atomic mass is 9.96. The number of aromatic nitrogens is 3. The number of hydrogen-bond donors (Lipinski definition) is 3. The van der Waals surface area contributed by atoms with Crippen LogP contribution < -0.4 is 5.32 Å². The zero-order valence-corrected chi connectivity index (χ0v) is 11.7. The molecule has 0 spiro atoms. The molecule has 2 aromatic heterocycles. The number of nitrogens with zero attached hydrogens (tertiary/aromatic N) is 2. The Morgan fingerprint density at radius 1 is 1.19 bits per heavy atom. The first-order chi connectivity index (χ1) is 10.2. The number of rotatable bonds is 2. The molecule has 0 aliphatic carbocycles. The molecule has 4 rings (SSSR count). The molecule has 1 saturated heterocycles. The minimum absolute atomic E-state index is 0.225. The second kappa shape index (κ2) is 4.56. The van der Waals surface area contributed by atoms with Crippen LogP contribution in [0.5, 0.6) is 5.75 Å². The van der Waals surface area contributed by atoms with Gasteiger partial charge in [-0.1, -0.05) is 12.1 Å². The van der Waals surface area contributed by atoms with Crippen molar-refractivity contribution in [3.05, 3.63) is 41.6 Å². The maximum absolute atomic E-state index is 9.96. The lowest BCUT2D eigenvalue weighted by molar-refractivity contribution is 0.440. The highest BCUT2D eigenvalue weighted by molar-refractivity contribution is 5.85.